The summed E-state index contributed by atoms with van der Waals surface area (Å²) in [4.78, 5) is 4.12. The average Bonchev–Trinajstić information content (AvgIpc) is 2.74. The van der Waals surface area contributed by atoms with Crippen LogP contribution in [0.25, 0.3) is 0 Å². The van der Waals surface area contributed by atoms with Crippen LogP contribution in [0.5, 0.6) is 0 Å². The first-order valence-corrected chi connectivity index (χ1v) is 6.28. The minimum absolute atomic E-state index is 0.650. The number of hydrogen-bond acceptors (Lipinski definition) is 3. The third kappa shape index (κ3) is 2.16. The minimum atomic E-state index is 0.650. The van der Waals surface area contributed by atoms with Crippen LogP contribution < -0.4 is 5.32 Å². The van der Waals surface area contributed by atoms with E-state index in [1.54, 1.807) is 0 Å². The zero-order valence-electron chi connectivity index (χ0n) is 8.70. The molecule has 0 aliphatic carbocycles. The van der Waals surface area contributed by atoms with Crippen molar-refractivity contribution in [2.45, 2.75) is 19.4 Å². The monoisotopic (exact) mass is 210 g/mol. The number of rotatable bonds is 3. The van der Waals surface area contributed by atoms with Crippen molar-refractivity contribution in [3.8, 4) is 0 Å². The molecule has 3 heteroatoms. The van der Waals surface area contributed by atoms with Crippen LogP contribution in [0.4, 0.5) is 0 Å². The smallest absolute Gasteiger partial charge is 0.0439 e. The molecule has 1 aliphatic rings. The molecule has 0 bridgehead atoms. The van der Waals surface area contributed by atoms with Gasteiger partial charge in [-0.15, -0.1) is 11.3 Å². The molecule has 0 unspecified atom stereocenters. The number of thiophene rings is 1. The van der Waals surface area contributed by atoms with E-state index in [4.69, 9.17) is 0 Å². The molecule has 0 aromatic carbocycles. The van der Waals surface area contributed by atoms with E-state index in [2.05, 4.69) is 34.7 Å². The van der Waals surface area contributed by atoms with Crippen molar-refractivity contribution >= 4 is 11.3 Å². The Balaban J connectivity index is 2.04. The van der Waals surface area contributed by atoms with Crippen molar-refractivity contribution in [3.05, 3.63) is 22.4 Å². The SMILES string of the molecule is CC[C@H](c1cccs1)N1CCNCC1. The van der Waals surface area contributed by atoms with Gasteiger partial charge in [-0.05, 0) is 17.9 Å². The van der Waals surface area contributed by atoms with Crippen LogP contribution in [0, 0.1) is 0 Å². The van der Waals surface area contributed by atoms with E-state index in [1.165, 1.54) is 24.4 Å². The lowest BCUT2D eigenvalue weighted by atomic mass is 10.1. The molecule has 1 saturated heterocycles. The molecule has 2 nitrogen and oxygen atoms in total. The quantitative estimate of drug-likeness (QED) is 0.822. The predicted octanol–water partition coefficient (Wildman–Crippen LogP) is 2.10. The second kappa shape index (κ2) is 4.91. The Bertz CT molecular complexity index is 252. The van der Waals surface area contributed by atoms with Crippen molar-refractivity contribution in [3.63, 3.8) is 0 Å². The highest BCUT2D eigenvalue weighted by atomic mass is 32.1. The molecule has 0 amide bonds. The highest BCUT2D eigenvalue weighted by Gasteiger charge is 2.20. The molecular weight excluding hydrogens is 192 g/mol. The fourth-order valence-corrected chi connectivity index (χ4v) is 3.06. The zero-order chi connectivity index (χ0) is 9.80. The maximum atomic E-state index is 3.40. The van der Waals surface area contributed by atoms with Crippen molar-refractivity contribution in [2.24, 2.45) is 0 Å². The molecule has 2 rings (SSSR count). The predicted molar refractivity (Wildman–Crippen MR) is 61.8 cm³/mol. The van der Waals surface area contributed by atoms with Crippen molar-refractivity contribution in [2.75, 3.05) is 26.2 Å². The number of nitrogens with one attached hydrogen (secondary N) is 1. The molecule has 0 radical (unpaired) electrons. The number of piperazine rings is 1. The molecule has 1 aromatic rings. The van der Waals surface area contributed by atoms with Gasteiger partial charge in [-0.1, -0.05) is 13.0 Å². The van der Waals surface area contributed by atoms with Crippen molar-refractivity contribution in [1.29, 1.82) is 0 Å². The number of nitrogens with zero attached hydrogens (tertiary/aromatic N) is 1. The molecule has 1 fully saturated rings. The molecule has 14 heavy (non-hydrogen) atoms. The van der Waals surface area contributed by atoms with Crippen molar-refractivity contribution in [1.82, 2.24) is 10.2 Å². The zero-order valence-corrected chi connectivity index (χ0v) is 9.52. The first kappa shape index (κ1) is 10.1. The summed E-state index contributed by atoms with van der Waals surface area (Å²) in [6, 6.07) is 5.07. The Morgan fingerprint density at radius 3 is 2.86 bits per heavy atom. The van der Waals surface area contributed by atoms with E-state index in [0.29, 0.717) is 6.04 Å². The summed E-state index contributed by atoms with van der Waals surface area (Å²) < 4.78 is 0. The summed E-state index contributed by atoms with van der Waals surface area (Å²) in [5.41, 5.74) is 0. The van der Waals surface area contributed by atoms with Crippen LogP contribution in [0.15, 0.2) is 17.5 Å². The van der Waals surface area contributed by atoms with E-state index in [-0.39, 0.29) is 0 Å². The minimum Gasteiger partial charge on any atom is -0.314 e. The topological polar surface area (TPSA) is 15.3 Å². The first-order valence-electron chi connectivity index (χ1n) is 5.40. The molecule has 78 valence electrons. The van der Waals surface area contributed by atoms with Crippen LogP contribution in [0.1, 0.15) is 24.3 Å². The molecule has 0 spiro atoms. The lowest BCUT2D eigenvalue weighted by Crippen LogP contribution is -2.44. The van der Waals surface area contributed by atoms with Crippen LogP contribution in [0.3, 0.4) is 0 Å². The highest BCUT2D eigenvalue weighted by molar-refractivity contribution is 7.10. The summed E-state index contributed by atoms with van der Waals surface area (Å²) in [5.74, 6) is 0. The second-order valence-electron chi connectivity index (χ2n) is 3.73. The van der Waals surface area contributed by atoms with Gasteiger partial charge >= 0.3 is 0 Å². The Morgan fingerprint density at radius 2 is 2.29 bits per heavy atom. The van der Waals surface area contributed by atoms with Crippen molar-refractivity contribution < 1.29 is 0 Å². The summed E-state index contributed by atoms with van der Waals surface area (Å²) in [6.07, 6.45) is 1.22. The van der Waals surface area contributed by atoms with Gasteiger partial charge in [0.2, 0.25) is 0 Å². The maximum Gasteiger partial charge on any atom is 0.0439 e. The maximum absolute atomic E-state index is 3.40. The van der Waals surface area contributed by atoms with Crippen LogP contribution in [-0.4, -0.2) is 31.1 Å². The van der Waals surface area contributed by atoms with Gasteiger partial charge in [-0.3, -0.25) is 4.90 Å². The van der Waals surface area contributed by atoms with Crippen LogP contribution in [0.2, 0.25) is 0 Å². The normalized spacial score (nSPS) is 20.9. The van der Waals surface area contributed by atoms with Gasteiger partial charge in [0.05, 0.1) is 0 Å². The lowest BCUT2D eigenvalue weighted by molar-refractivity contribution is 0.172. The Labute approximate surface area is 89.9 Å². The Hall–Kier alpha value is -0.380. The standard InChI is InChI=1S/C11H18N2S/c1-2-10(11-4-3-9-14-11)13-7-5-12-6-8-13/h3-4,9-10,12H,2,5-8H2,1H3/t10-/m1/s1. The third-order valence-electron chi connectivity index (χ3n) is 2.85. The Kier molecular flexibility index (Phi) is 3.56. The third-order valence-corrected chi connectivity index (χ3v) is 3.82. The van der Waals surface area contributed by atoms with Gasteiger partial charge in [0.1, 0.15) is 0 Å². The summed E-state index contributed by atoms with van der Waals surface area (Å²) in [6.45, 7) is 6.95. The molecule has 1 aliphatic heterocycles. The average molecular weight is 210 g/mol. The van der Waals surface area contributed by atoms with Gasteiger partial charge in [-0.2, -0.15) is 0 Å². The van der Waals surface area contributed by atoms with Gasteiger partial charge in [-0.25, -0.2) is 0 Å². The van der Waals surface area contributed by atoms with E-state index < -0.39 is 0 Å². The van der Waals surface area contributed by atoms with Gasteiger partial charge < -0.3 is 5.32 Å². The fraction of sp³-hybridized carbons (Fsp3) is 0.636. The molecule has 1 aromatic heterocycles. The van der Waals surface area contributed by atoms with E-state index in [0.717, 1.165) is 13.1 Å². The summed E-state index contributed by atoms with van der Waals surface area (Å²) in [5, 5.41) is 5.58. The molecule has 2 heterocycles. The second-order valence-corrected chi connectivity index (χ2v) is 4.70. The van der Waals surface area contributed by atoms with E-state index >= 15 is 0 Å². The first-order chi connectivity index (χ1) is 6.92. The van der Waals surface area contributed by atoms with Crippen LogP contribution in [-0.2, 0) is 0 Å². The highest BCUT2D eigenvalue weighted by Crippen LogP contribution is 2.27. The fourth-order valence-electron chi connectivity index (χ4n) is 2.11. The van der Waals surface area contributed by atoms with Crippen LogP contribution >= 0.6 is 11.3 Å². The Morgan fingerprint density at radius 1 is 1.50 bits per heavy atom. The lowest BCUT2D eigenvalue weighted by Gasteiger charge is -2.33. The van der Waals surface area contributed by atoms with Gasteiger partial charge in [0, 0.05) is 37.1 Å². The molecule has 1 atom stereocenters. The van der Waals surface area contributed by atoms with Gasteiger partial charge in [0.15, 0.2) is 0 Å². The molecule has 0 saturated carbocycles. The molecular formula is C11H18N2S. The summed E-state index contributed by atoms with van der Waals surface area (Å²) in [7, 11) is 0. The summed E-state index contributed by atoms with van der Waals surface area (Å²) >= 11 is 1.89. The molecule has 1 N–H and O–H groups in total. The van der Waals surface area contributed by atoms with E-state index in [9.17, 15) is 0 Å². The number of hydrogen-bond donors (Lipinski definition) is 1. The van der Waals surface area contributed by atoms with Gasteiger partial charge in [0.25, 0.3) is 0 Å². The van der Waals surface area contributed by atoms with E-state index in [1.807, 2.05) is 11.3 Å². The largest absolute Gasteiger partial charge is 0.314 e.